The molecular weight excluding hydrogens is 367 g/mol. The van der Waals surface area contributed by atoms with Gasteiger partial charge in [0, 0.05) is 30.0 Å². The highest BCUT2D eigenvalue weighted by molar-refractivity contribution is 7.09. The molecule has 2 aromatic rings. The van der Waals surface area contributed by atoms with Crippen LogP contribution in [0.4, 0.5) is 13.2 Å². The van der Waals surface area contributed by atoms with E-state index in [4.69, 9.17) is 0 Å². The number of pyridine rings is 1. The first-order valence-corrected chi connectivity index (χ1v) is 8.89. The van der Waals surface area contributed by atoms with Crippen LogP contribution in [0.15, 0.2) is 29.9 Å². The third-order valence-electron chi connectivity index (χ3n) is 4.14. The first kappa shape index (κ1) is 20.3. The predicted molar refractivity (Wildman–Crippen MR) is 91.5 cm³/mol. The third-order valence-corrected chi connectivity index (χ3v) is 5.26. The van der Waals surface area contributed by atoms with Gasteiger partial charge < -0.3 is 10.0 Å². The van der Waals surface area contributed by atoms with Crippen LogP contribution < -0.4 is 0 Å². The minimum atomic E-state index is -5.02. The van der Waals surface area contributed by atoms with Crippen LogP contribution in [0.5, 0.6) is 0 Å². The number of carbonyl (C=O) groups excluding carboxylic acids is 1. The Morgan fingerprint density at radius 2 is 2.12 bits per heavy atom. The van der Waals surface area contributed by atoms with Crippen LogP contribution in [-0.4, -0.2) is 38.6 Å². The van der Waals surface area contributed by atoms with Crippen molar-refractivity contribution in [3.63, 3.8) is 0 Å². The Labute approximate surface area is 153 Å². The zero-order valence-corrected chi connectivity index (χ0v) is 15.4. The Hall–Kier alpha value is -2.00. The van der Waals surface area contributed by atoms with Crippen LogP contribution in [0, 0.1) is 6.92 Å². The molecule has 5 nitrogen and oxygen atoms in total. The van der Waals surface area contributed by atoms with E-state index >= 15 is 0 Å². The van der Waals surface area contributed by atoms with Crippen molar-refractivity contribution in [2.75, 3.05) is 6.54 Å². The molecule has 2 rings (SSSR count). The van der Waals surface area contributed by atoms with Crippen LogP contribution in [0.2, 0.25) is 0 Å². The van der Waals surface area contributed by atoms with Gasteiger partial charge in [0.1, 0.15) is 5.01 Å². The lowest BCUT2D eigenvalue weighted by atomic mass is 9.97. The van der Waals surface area contributed by atoms with Crippen LogP contribution in [-0.2, 0) is 10.4 Å². The van der Waals surface area contributed by atoms with E-state index in [1.807, 2.05) is 0 Å². The van der Waals surface area contributed by atoms with Crippen molar-refractivity contribution in [3.8, 4) is 0 Å². The summed E-state index contributed by atoms with van der Waals surface area (Å²) in [5.41, 5.74) is -2.26. The molecule has 0 spiro atoms. The molecule has 142 valence electrons. The van der Waals surface area contributed by atoms with E-state index < -0.39 is 35.2 Å². The summed E-state index contributed by atoms with van der Waals surface area (Å²) in [4.78, 5) is 21.7. The molecule has 0 aliphatic heterocycles. The predicted octanol–water partition coefficient (Wildman–Crippen LogP) is 3.60. The summed E-state index contributed by atoms with van der Waals surface area (Å²) in [5, 5.41) is 11.2. The molecule has 0 saturated heterocycles. The largest absolute Gasteiger partial charge is 0.424 e. The number of thiazole rings is 1. The number of halogens is 3. The van der Waals surface area contributed by atoms with Gasteiger partial charge in [-0.05, 0) is 32.4 Å². The Morgan fingerprint density at radius 3 is 2.58 bits per heavy atom. The molecule has 0 fully saturated rings. The number of hydrogen-bond donors (Lipinski definition) is 1. The molecule has 2 heterocycles. The Bertz CT molecular complexity index is 751. The number of hydrogen-bond acceptors (Lipinski definition) is 5. The van der Waals surface area contributed by atoms with Gasteiger partial charge in [-0.1, -0.05) is 6.07 Å². The Kier molecular flexibility index (Phi) is 6.02. The van der Waals surface area contributed by atoms with E-state index in [2.05, 4.69) is 9.97 Å². The number of amides is 1. The maximum atomic E-state index is 13.6. The molecule has 2 unspecified atom stereocenters. The van der Waals surface area contributed by atoms with Crippen molar-refractivity contribution in [1.29, 1.82) is 0 Å². The highest BCUT2D eigenvalue weighted by Crippen LogP contribution is 2.43. The zero-order valence-electron chi connectivity index (χ0n) is 14.6. The second-order valence-electron chi connectivity index (χ2n) is 5.97. The van der Waals surface area contributed by atoms with Crippen molar-refractivity contribution in [2.24, 2.45) is 0 Å². The molecule has 0 saturated carbocycles. The lowest BCUT2D eigenvalue weighted by Crippen LogP contribution is -2.47. The highest BCUT2D eigenvalue weighted by atomic mass is 32.1. The average Bonchev–Trinajstić information content (AvgIpc) is 3.02. The molecule has 26 heavy (non-hydrogen) atoms. The molecule has 0 aliphatic rings. The SMILES string of the molecule is CCN(C(=O)CC(O)(c1nc(C)cs1)C(F)(F)F)C(C)c1cccnc1. The van der Waals surface area contributed by atoms with Gasteiger partial charge in [0.25, 0.3) is 0 Å². The quantitative estimate of drug-likeness (QED) is 0.823. The van der Waals surface area contributed by atoms with Gasteiger partial charge in [-0.15, -0.1) is 11.3 Å². The fourth-order valence-electron chi connectivity index (χ4n) is 2.63. The summed E-state index contributed by atoms with van der Waals surface area (Å²) in [5.74, 6) is -0.809. The number of rotatable bonds is 6. The highest BCUT2D eigenvalue weighted by Gasteiger charge is 2.58. The number of alkyl halides is 3. The van der Waals surface area contributed by atoms with Gasteiger partial charge in [-0.25, -0.2) is 4.98 Å². The lowest BCUT2D eigenvalue weighted by Gasteiger charge is -2.33. The monoisotopic (exact) mass is 387 g/mol. The summed E-state index contributed by atoms with van der Waals surface area (Å²) in [6.07, 6.45) is -3.02. The first-order chi connectivity index (χ1) is 12.1. The minimum Gasteiger partial charge on any atom is -0.374 e. The number of aromatic nitrogens is 2. The molecule has 1 N–H and O–H groups in total. The van der Waals surface area contributed by atoms with Crippen molar-refractivity contribution >= 4 is 17.2 Å². The lowest BCUT2D eigenvalue weighted by molar-refractivity contribution is -0.268. The smallest absolute Gasteiger partial charge is 0.374 e. The van der Waals surface area contributed by atoms with Crippen LogP contribution >= 0.6 is 11.3 Å². The van der Waals surface area contributed by atoms with Gasteiger partial charge in [0.15, 0.2) is 0 Å². The minimum absolute atomic E-state index is 0.194. The maximum absolute atomic E-state index is 13.6. The van der Waals surface area contributed by atoms with Crippen LogP contribution in [0.3, 0.4) is 0 Å². The first-order valence-electron chi connectivity index (χ1n) is 8.01. The summed E-state index contributed by atoms with van der Waals surface area (Å²) in [6, 6.07) is 2.96. The molecule has 0 bridgehead atoms. The molecule has 0 aromatic carbocycles. The fraction of sp³-hybridized carbons (Fsp3) is 0.471. The van der Waals surface area contributed by atoms with Crippen molar-refractivity contribution < 1.29 is 23.1 Å². The van der Waals surface area contributed by atoms with Crippen LogP contribution in [0.25, 0.3) is 0 Å². The third kappa shape index (κ3) is 4.04. The number of aryl methyl sites for hydroxylation is 1. The van der Waals surface area contributed by atoms with Crippen molar-refractivity contribution in [1.82, 2.24) is 14.9 Å². The van der Waals surface area contributed by atoms with Gasteiger partial charge >= 0.3 is 6.18 Å². The van der Waals surface area contributed by atoms with E-state index in [0.717, 1.165) is 0 Å². The summed E-state index contributed by atoms with van der Waals surface area (Å²) in [7, 11) is 0. The van der Waals surface area contributed by atoms with Crippen molar-refractivity contribution in [2.45, 2.75) is 45.0 Å². The molecule has 0 radical (unpaired) electrons. The number of aliphatic hydroxyl groups is 1. The topological polar surface area (TPSA) is 66.3 Å². The van der Waals surface area contributed by atoms with Crippen LogP contribution in [0.1, 0.15) is 42.6 Å². The summed E-state index contributed by atoms with van der Waals surface area (Å²) >= 11 is 0.688. The molecule has 2 atom stereocenters. The van der Waals surface area contributed by atoms with E-state index in [9.17, 15) is 23.1 Å². The van der Waals surface area contributed by atoms with E-state index in [1.54, 1.807) is 38.4 Å². The van der Waals surface area contributed by atoms with E-state index in [-0.39, 0.29) is 6.54 Å². The van der Waals surface area contributed by atoms with Gasteiger partial charge in [0.05, 0.1) is 12.5 Å². The standard InChI is InChI=1S/C17H20F3N3O2S/c1-4-23(12(3)13-6-5-7-21-9-13)14(24)8-16(25,17(18,19)20)15-22-11(2)10-26-15/h5-7,9-10,12,25H,4,8H2,1-3H3. The molecule has 0 aliphatic carbocycles. The normalized spacial score (nSPS) is 15.3. The molecular formula is C17H20F3N3O2S. The summed E-state index contributed by atoms with van der Waals surface area (Å²) < 4.78 is 40.8. The van der Waals surface area contributed by atoms with Gasteiger partial charge in [-0.3, -0.25) is 9.78 Å². The van der Waals surface area contributed by atoms with E-state index in [0.29, 0.717) is 22.6 Å². The Morgan fingerprint density at radius 1 is 1.42 bits per heavy atom. The van der Waals surface area contributed by atoms with Gasteiger partial charge in [0.2, 0.25) is 11.5 Å². The summed E-state index contributed by atoms with van der Waals surface area (Å²) in [6.45, 7) is 5.10. The molecule has 1 amide bonds. The second kappa shape index (κ2) is 7.71. The zero-order chi connectivity index (χ0) is 19.5. The van der Waals surface area contributed by atoms with E-state index in [1.165, 1.54) is 17.2 Å². The van der Waals surface area contributed by atoms with Crippen molar-refractivity contribution in [3.05, 3.63) is 46.2 Å². The number of nitrogens with zero attached hydrogens (tertiary/aromatic N) is 3. The van der Waals surface area contributed by atoms with Gasteiger partial charge in [-0.2, -0.15) is 13.2 Å². The fourth-order valence-corrected chi connectivity index (χ4v) is 3.55. The molecule has 9 heteroatoms. The Balaban J connectivity index is 2.31. The second-order valence-corrected chi connectivity index (χ2v) is 6.83. The maximum Gasteiger partial charge on any atom is 0.424 e. The average molecular weight is 387 g/mol. The molecule has 2 aromatic heterocycles. The number of carbonyl (C=O) groups is 1.